The fourth-order valence-electron chi connectivity index (χ4n) is 6.65. The average molecular weight is 368 g/mol. The van der Waals surface area contributed by atoms with Crippen LogP contribution in [0.25, 0.3) is 0 Å². The topological polar surface area (TPSA) is 35.6 Å². The Morgan fingerprint density at radius 1 is 0.963 bits per heavy atom. The van der Waals surface area contributed by atoms with Gasteiger partial charge in [0.25, 0.3) is 0 Å². The SMILES string of the molecule is CN1CCN(c2ccc(CNC(=O)C34CC5CC(CC(C5)C3)C4)cc2)CC1. The van der Waals surface area contributed by atoms with Gasteiger partial charge in [-0.1, -0.05) is 12.1 Å². The van der Waals surface area contributed by atoms with Gasteiger partial charge >= 0.3 is 0 Å². The summed E-state index contributed by atoms with van der Waals surface area (Å²) in [6.45, 7) is 5.12. The minimum absolute atomic E-state index is 0.0332. The van der Waals surface area contributed by atoms with Gasteiger partial charge in [0.2, 0.25) is 5.91 Å². The number of benzene rings is 1. The predicted octanol–water partition coefficient (Wildman–Crippen LogP) is 3.27. The molecule has 0 radical (unpaired) electrons. The summed E-state index contributed by atoms with van der Waals surface area (Å²) >= 11 is 0. The molecule has 1 aliphatic heterocycles. The molecule has 0 unspecified atom stereocenters. The predicted molar refractivity (Wildman–Crippen MR) is 109 cm³/mol. The highest BCUT2D eigenvalue weighted by Crippen LogP contribution is 2.60. The van der Waals surface area contributed by atoms with Crippen LogP contribution in [-0.4, -0.2) is 44.0 Å². The van der Waals surface area contributed by atoms with Gasteiger partial charge in [0.15, 0.2) is 0 Å². The molecule has 4 heteroatoms. The summed E-state index contributed by atoms with van der Waals surface area (Å²) in [5.41, 5.74) is 2.49. The van der Waals surface area contributed by atoms with Crippen LogP contribution in [0.5, 0.6) is 0 Å². The molecule has 4 saturated carbocycles. The molecule has 4 nitrogen and oxygen atoms in total. The minimum Gasteiger partial charge on any atom is -0.369 e. The Morgan fingerprint density at radius 2 is 1.52 bits per heavy atom. The van der Waals surface area contributed by atoms with E-state index in [1.807, 2.05) is 0 Å². The molecule has 146 valence electrons. The van der Waals surface area contributed by atoms with Gasteiger partial charge in [0.05, 0.1) is 0 Å². The first-order valence-electron chi connectivity index (χ1n) is 10.9. The average Bonchev–Trinajstić information content (AvgIpc) is 2.66. The summed E-state index contributed by atoms with van der Waals surface area (Å²) in [7, 11) is 2.19. The van der Waals surface area contributed by atoms with Crippen LogP contribution in [0.1, 0.15) is 44.1 Å². The Morgan fingerprint density at radius 3 is 2.07 bits per heavy atom. The second kappa shape index (κ2) is 6.80. The molecule has 27 heavy (non-hydrogen) atoms. The summed E-state index contributed by atoms with van der Waals surface area (Å²) in [6.07, 6.45) is 7.61. The maximum atomic E-state index is 13.1. The minimum atomic E-state index is -0.0332. The highest BCUT2D eigenvalue weighted by Gasteiger charge is 2.54. The first kappa shape index (κ1) is 17.5. The number of carbonyl (C=O) groups excluding carboxylic acids is 1. The van der Waals surface area contributed by atoms with Crippen LogP contribution in [0.2, 0.25) is 0 Å². The first-order chi connectivity index (χ1) is 13.1. The van der Waals surface area contributed by atoms with E-state index >= 15 is 0 Å². The van der Waals surface area contributed by atoms with Crippen LogP contribution < -0.4 is 10.2 Å². The maximum absolute atomic E-state index is 13.1. The van der Waals surface area contributed by atoms with Crippen LogP contribution in [0, 0.1) is 23.2 Å². The lowest BCUT2D eigenvalue weighted by atomic mass is 9.49. The van der Waals surface area contributed by atoms with Gasteiger partial charge < -0.3 is 15.1 Å². The quantitative estimate of drug-likeness (QED) is 0.887. The molecular formula is C23H33N3O. The van der Waals surface area contributed by atoms with Crippen LogP contribution in [-0.2, 0) is 11.3 Å². The highest BCUT2D eigenvalue weighted by molar-refractivity contribution is 5.83. The van der Waals surface area contributed by atoms with Crippen molar-refractivity contribution in [3.63, 3.8) is 0 Å². The molecule has 5 aliphatic rings. The number of rotatable bonds is 4. The monoisotopic (exact) mass is 367 g/mol. The summed E-state index contributed by atoms with van der Waals surface area (Å²) in [5, 5.41) is 3.30. The fraction of sp³-hybridized carbons (Fsp3) is 0.696. The third-order valence-electron chi connectivity index (χ3n) is 7.78. The number of nitrogens with one attached hydrogen (secondary N) is 1. The van der Waals surface area contributed by atoms with Gasteiger partial charge in [0, 0.05) is 43.8 Å². The van der Waals surface area contributed by atoms with E-state index in [2.05, 4.69) is 46.4 Å². The van der Waals surface area contributed by atoms with Gasteiger partial charge in [0.1, 0.15) is 0 Å². The maximum Gasteiger partial charge on any atom is 0.226 e. The summed E-state index contributed by atoms with van der Waals surface area (Å²) in [4.78, 5) is 17.9. The standard InChI is InChI=1S/C23H33N3O/c1-25-6-8-26(9-7-25)21-4-2-17(3-5-21)16-24-22(27)23-13-18-10-19(14-23)12-20(11-18)15-23/h2-5,18-20H,6-16H2,1H3,(H,24,27). The molecule has 0 atom stereocenters. The third-order valence-corrected chi connectivity index (χ3v) is 7.78. The number of piperazine rings is 1. The van der Waals surface area contributed by atoms with Crippen LogP contribution in [0.3, 0.4) is 0 Å². The van der Waals surface area contributed by atoms with Crippen LogP contribution >= 0.6 is 0 Å². The molecule has 1 aromatic carbocycles. The zero-order valence-electron chi connectivity index (χ0n) is 16.6. The molecule has 6 rings (SSSR count). The molecule has 1 amide bonds. The number of nitrogens with zero attached hydrogens (tertiary/aromatic N) is 2. The number of carbonyl (C=O) groups is 1. The Labute approximate surface area is 163 Å². The van der Waals surface area contributed by atoms with E-state index in [0.717, 1.165) is 63.2 Å². The number of hydrogen-bond donors (Lipinski definition) is 1. The number of likely N-dealkylation sites (N-methyl/N-ethyl adjacent to an activating group) is 1. The van der Waals surface area contributed by atoms with Crippen molar-refractivity contribution in [2.75, 3.05) is 38.1 Å². The molecule has 0 spiro atoms. The van der Waals surface area contributed by atoms with Crippen LogP contribution in [0.4, 0.5) is 5.69 Å². The van der Waals surface area contributed by atoms with Gasteiger partial charge in [-0.15, -0.1) is 0 Å². The number of hydrogen-bond acceptors (Lipinski definition) is 3. The van der Waals surface area contributed by atoms with Crippen molar-refractivity contribution in [2.24, 2.45) is 23.2 Å². The Kier molecular flexibility index (Phi) is 4.42. The van der Waals surface area contributed by atoms with Crippen molar-refractivity contribution in [1.29, 1.82) is 0 Å². The van der Waals surface area contributed by atoms with Crippen molar-refractivity contribution < 1.29 is 4.79 Å². The molecular weight excluding hydrogens is 334 g/mol. The van der Waals surface area contributed by atoms with Crippen molar-refractivity contribution in [2.45, 2.75) is 45.1 Å². The van der Waals surface area contributed by atoms with E-state index in [-0.39, 0.29) is 5.41 Å². The smallest absolute Gasteiger partial charge is 0.226 e. The second-order valence-corrected chi connectivity index (χ2v) is 9.84. The number of anilines is 1. The summed E-state index contributed by atoms with van der Waals surface area (Å²) in [5.74, 6) is 2.81. The van der Waals surface area contributed by atoms with Gasteiger partial charge in [-0.3, -0.25) is 4.79 Å². The van der Waals surface area contributed by atoms with E-state index in [1.54, 1.807) is 0 Å². The van der Waals surface area contributed by atoms with Crippen molar-refractivity contribution in [3.05, 3.63) is 29.8 Å². The largest absolute Gasteiger partial charge is 0.369 e. The third kappa shape index (κ3) is 3.37. The van der Waals surface area contributed by atoms with E-state index in [9.17, 15) is 4.79 Å². The van der Waals surface area contributed by atoms with Gasteiger partial charge in [-0.05, 0) is 81.0 Å². The molecule has 1 saturated heterocycles. The highest BCUT2D eigenvalue weighted by atomic mass is 16.2. The van der Waals surface area contributed by atoms with Gasteiger partial charge in [-0.2, -0.15) is 0 Å². The van der Waals surface area contributed by atoms with Crippen LogP contribution in [0.15, 0.2) is 24.3 Å². The van der Waals surface area contributed by atoms with E-state index in [4.69, 9.17) is 0 Å². The lowest BCUT2D eigenvalue weighted by molar-refractivity contribution is -0.146. The lowest BCUT2D eigenvalue weighted by Gasteiger charge is -2.55. The molecule has 1 aromatic rings. The van der Waals surface area contributed by atoms with E-state index < -0.39 is 0 Å². The van der Waals surface area contributed by atoms with Crippen molar-refractivity contribution >= 4 is 11.6 Å². The van der Waals surface area contributed by atoms with Crippen molar-refractivity contribution in [1.82, 2.24) is 10.2 Å². The Bertz CT molecular complexity index is 655. The molecule has 0 aromatic heterocycles. The zero-order valence-corrected chi connectivity index (χ0v) is 16.6. The number of amides is 1. The fourth-order valence-corrected chi connectivity index (χ4v) is 6.65. The first-order valence-corrected chi connectivity index (χ1v) is 10.9. The van der Waals surface area contributed by atoms with E-state index in [1.165, 1.54) is 30.5 Å². The molecule has 4 bridgehead atoms. The van der Waals surface area contributed by atoms with Gasteiger partial charge in [-0.25, -0.2) is 0 Å². The van der Waals surface area contributed by atoms with Crippen molar-refractivity contribution in [3.8, 4) is 0 Å². The lowest BCUT2D eigenvalue weighted by Crippen LogP contribution is -2.53. The van der Waals surface area contributed by atoms with E-state index in [0.29, 0.717) is 12.5 Å². The Hall–Kier alpha value is -1.55. The second-order valence-electron chi connectivity index (χ2n) is 9.84. The Balaban J connectivity index is 1.19. The normalized spacial score (nSPS) is 35.4. The molecule has 1 heterocycles. The molecule has 1 N–H and O–H groups in total. The summed E-state index contributed by atoms with van der Waals surface area (Å²) < 4.78 is 0. The molecule has 4 aliphatic carbocycles. The zero-order chi connectivity index (χ0) is 18.4. The summed E-state index contributed by atoms with van der Waals surface area (Å²) in [6, 6.07) is 8.82. The molecule has 5 fully saturated rings.